The molecule has 1 aliphatic heterocycles. The number of esters is 1. The molecule has 2 bridgehead atoms. The van der Waals surface area contributed by atoms with E-state index in [0.29, 0.717) is 51.4 Å². The fourth-order valence-electron chi connectivity index (χ4n) is 5.76. The summed E-state index contributed by atoms with van der Waals surface area (Å²) in [5, 5.41) is 15.0. The molecule has 6 rings (SSSR count). The van der Waals surface area contributed by atoms with Gasteiger partial charge in [-0.3, -0.25) is 0 Å². The summed E-state index contributed by atoms with van der Waals surface area (Å²) in [4.78, 5) is 14.3. The molecule has 1 saturated heterocycles. The van der Waals surface area contributed by atoms with E-state index in [0.717, 1.165) is 49.2 Å². The highest BCUT2D eigenvalue weighted by atomic mass is 35.5. The van der Waals surface area contributed by atoms with Crippen LogP contribution in [0.4, 0.5) is 5.69 Å². The number of halogens is 2. The van der Waals surface area contributed by atoms with Gasteiger partial charge in [-0.1, -0.05) is 34.4 Å². The predicted molar refractivity (Wildman–Crippen MR) is 139 cm³/mol. The lowest BCUT2D eigenvalue weighted by molar-refractivity contribution is 0.0122. The van der Waals surface area contributed by atoms with Crippen LogP contribution in [0, 0.1) is 17.2 Å². The number of rotatable bonds is 7. The van der Waals surface area contributed by atoms with Gasteiger partial charge in [-0.15, -0.1) is 0 Å². The first-order valence-corrected chi connectivity index (χ1v) is 13.2. The van der Waals surface area contributed by atoms with E-state index < -0.39 is 5.97 Å². The van der Waals surface area contributed by atoms with Crippen LogP contribution in [0.5, 0.6) is 0 Å². The van der Waals surface area contributed by atoms with E-state index >= 15 is 0 Å². The number of hydrogen-bond acceptors (Lipinski definition) is 7. The SMILES string of the molecule is COC(=O)c1ccc(N2C[C@@H]3C[C@H]2C[C@H]3OCc2c(-c3c(Cl)cccc3Cl)noc2C2CC2)cc1C#N. The maximum atomic E-state index is 12.0. The molecule has 2 aromatic carbocycles. The van der Waals surface area contributed by atoms with Crippen molar-refractivity contribution in [2.75, 3.05) is 18.6 Å². The second kappa shape index (κ2) is 9.68. The Balaban J connectivity index is 1.18. The number of nitrogens with zero attached hydrogens (tertiary/aromatic N) is 3. The molecule has 3 aliphatic rings. The Morgan fingerprint density at radius 2 is 2.00 bits per heavy atom. The van der Waals surface area contributed by atoms with Crippen molar-refractivity contribution in [2.45, 2.75) is 50.4 Å². The quantitative estimate of drug-likeness (QED) is 0.323. The first kappa shape index (κ1) is 24.3. The zero-order valence-electron chi connectivity index (χ0n) is 20.2. The van der Waals surface area contributed by atoms with Gasteiger partial charge in [-0.05, 0) is 56.0 Å². The third kappa shape index (κ3) is 4.37. The molecule has 7 nitrogen and oxygen atoms in total. The molecule has 9 heteroatoms. The third-order valence-electron chi connectivity index (χ3n) is 7.75. The summed E-state index contributed by atoms with van der Waals surface area (Å²) in [6.45, 7) is 1.23. The summed E-state index contributed by atoms with van der Waals surface area (Å²) in [6.07, 6.45) is 4.19. The van der Waals surface area contributed by atoms with Crippen LogP contribution in [0.1, 0.15) is 58.8 Å². The van der Waals surface area contributed by atoms with E-state index in [-0.39, 0.29) is 11.7 Å². The topological polar surface area (TPSA) is 88.6 Å². The van der Waals surface area contributed by atoms with E-state index in [1.54, 1.807) is 24.3 Å². The summed E-state index contributed by atoms with van der Waals surface area (Å²) >= 11 is 13.0. The highest BCUT2D eigenvalue weighted by Gasteiger charge is 2.46. The average Bonchev–Trinajstić information content (AvgIpc) is 3.36. The third-order valence-corrected chi connectivity index (χ3v) is 8.38. The molecule has 0 spiro atoms. The Hall–Kier alpha value is -3.05. The van der Waals surface area contributed by atoms with Crippen molar-refractivity contribution in [3.05, 3.63) is 68.9 Å². The van der Waals surface area contributed by atoms with Crippen molar-refractivity contribution < 1.29 is 18.8 Å². The molecule has 2 heterocycles. The number of piperidine rings is 1. The maximum Gasteiger partial charge on any atom is 0.339 e. The zero-order valence-corrected chi connectivity index (χ0v) is 21.8. The van der Waals surface area contributed by atoms with Gasteiger partial charge in [0.25, 0.3) is 0 Å². The molecular weight excluding hydrogens is 513 g/mol. The number of nitriles is 1. The molecule has 190 valence electrons. The van der Waals surface area contributed by atoms with Crippen LogP contribution in [0.3, 0.4) is 0 Å². The minimum atomic E-state index is -0.503. The summed E-state index contributed by atoms with van der Waals surface area (Å²) in [6, 6.07) is 13.2. The normalized spacial score (nSPS) is 22.3. The summed E-state index contributed by atoms with van der Waals surface area (Å²) in [5.41, 5.74) is 3.84. The minimum Gasteiger partial charge on any atom is -0.465 e. The molecule has 0 N–H and O–H groups in total. The molecule has 0 unspecified atom stereocenters. The summed E-state index contributed by atoms with van der Waals surface area (Å²) in [5.74, 6) is 1.12. The largest absolute Gasteiger partial charge is 0.465 e. The molecule has 0 amide bonds. The summed E-state index contributed by atoms with van der Waals surface area (Å²) < 4.78 is 17.1. The van der Waals surface area contributed by atoms with Gasteiger partial charge >= 0.3 is 5.97 Å². The first-order chi connectivity index (χ1) is 18.0. The van der Waals surface area contributed by atoms with Crippen LogP contribution in [0.15, 0.2) is 40.9 Å². The molecule has 3 atom stereocenters. The van der Waals surface area contributed by atoms with Gasteiger partial charge in [0.2, 0.25) is 0 Å². The maximum absolute atomic E-state index is 12.0. The number of benzene rings is 2. The molecule has 1 aromatic heterocycles. The van der Waals surface area contributed by atoms with Gasteiger partial charge in [0.05, 0.1) is 41.0 Å². The van der Waals surface area contributed by atoms with Gasteiger partial charge in [0.15, 0.2) is 0 Å². The molecule has 3 aromatic rings. The lowest BCUT2D eigenvalue weighted by Gasteiger charge is -2.33. The Morgan fingerprint density at radius 1 is 1.22 bits per heavy atom. The van der Waals surface area contributed by atoms with Crippen molar-refractivity contribution in [3.63, 3.8) is 0 Å². The number of anilines is 1. The fraction of sp³-hybridized carbons (Fsp3) is 0.393. The van der Waals surface area contributed by atoms with Crippen molar-refractivity contribution in [1.29, 1.82) is 5.26 Å². The van der Waals surface area contributed by atoms with Crippen LogP contribution in [0.25, 0.3) is 11.3 Å². The van der Waals surface area contributed by atoms with Crippen molar-refractivity contribution in [1.82, 2.24) is 5.16 Å². The zero-order chi connectivity index (χ0) is 25.7. The highest BCUT2D eigenvalue weighted by molar-refractivity contribution is 6.39. The van der Waals surface area contributed by atoms with E-state index in [4.69, 9.17) is 37.2 Å². The number of methoxy groups -OCH3 is 1. The highest BCUT2D eigenvalue weighted by Crippen LogP contribution is 2.47. The standard InChI is InChI=1S/C28H25Cl2N3O4/c1-35-28(34)20-8-7-18(9-16(20)12-31)33-13-17-10-19(33)11-24(17)36-14-21-26(32-37-27(21)15-5-6-15)25-22(29)3-2-4-23(25)30/h2-4,7-9,15,17,19,24H,5-6,10-11,13-14H2,1H3/t17-,19-,24+/m0/s1. The molecule has 0 radical (unpaired) electrons. The number of aromatic nitrogens is 1. The number of carbonyl (C=O) groups excluding carboxylic acids is 1. The van der Waals surface area contributed by atoms with Gasteiger partial charge < -0.3 is 18.9 Å². The second-order valence-electron chi connectivity index (χ2n) is 9.97. The minimum absolute atomic E-state index is 0.113. The number of hydrogen-bond donors (Lipinski definition) is 0. The average molecular weight is 538 g/mol. The van der Waals surface area contributed by atoms with Crippen LogP contribution in [-0.2, 0) is 16.1 Å². The fourth-order valence-corrected chi connectivity index (χ4v) is 6.33. The van der Waals surface area contributed by atoms with Crippen molar-refractivity contribution >= 4 is 34.9 Å². The van der Waals surface area contributed by atoms with Crippen molar-refractivity contribution in [2.24, 2.45) is 5.92 Å². The van der Waals surface area contributed by atoms with Gasteiger partial charge in [-0.25, -0.2) is 4.79 Å². The Kier molecular flexibility index (Phi) is 6.36. The Bertz CT molecular complexity index is 1390. The number of fused-ring (bicyclic) bond motifs is 2. The smallest absolute Gasteiger partial charge is 0.339 e. The predicted octanol–water partition coefficient (Wildman–Crippen LogP) is 6.37. The van der Waals surface area contributed by atoms with Crippen molar-refractivity contribution in [3.8, 4) is 17.3 Å². The molecule has 2 aliphatic carbocycles. The second-order valence-corrected chi connectivity index (χ2v) is 10.8. The molecule has 3 fully saturated rings. The van der Waals surface area contributed by atoms with Gasteiger partial charge in [-0.2, -0.15) is 5.26 Å². The first-order valence-electron chi connectivity index (χ1n) is 12.4. The van der Waals surface area contributed by atoms with E-state index in [9.17, 15) is 10.1 Å². The van der Waals surface area contributed by atoms with Crippen LogP contribution in [0.2, 0.25) is 10.0 Å². The lowest BCUT2D eigenvalue weighted by atomic mass is 10.0. The summed E-state index contributed by atoms with van der Waals surface area (Å²) in [7, 11) is 1.32. The monoisotopic (exact) mass is 537 g/mol. The van der Waals surface area contributed by atoms with E-state index in [1.165, 1.54) is 7.11 Å². The number of carbonyl (C=O) groups is 1. The molecule has 37 heavy (non-hydrogen) atoms. The van der Waals surface area contributed by atoms with Gasteiger partial charge in [0, 0.05) is 41.2 Å². The van der Waals surface area contributed by atoms with Crippen LogP contribution < -0.4 is 4.90 Å². The van der Waals surface area contributed by atoms with Gasteiger partial charge in [0.1, 0.15) is 17.5 Å². The molecule has 2 saturated carbocycles. The van der Waals surface area contributed by atoms with E-state index in [1.807, 2.05) is 12.1 Å². The Morgan fingerprint density at radius 3 is 2.65 bits per heavy atom. The van der Waals surface area contributed by atoms with Crippen LogP contribution in [-0.4, -0.2) is 36.9 Å². The Labute approximate surface area is 224 Å². The number of ether oxygens (including phenoxy) is 2. The lowest BCUT2D eigenvalue weighted by Crippen LogP contribution is -2.38. The van der Waals surface area contributed by atoms with Crippen LogP contribution >= 0.6 is 23.2 Å². The molecular formula is C28H25Cl2N3O4. The van der Waals surface area contributed by atoms with E-state index in [2.05, 4.69) is 16.1 Å².